The van der Waals surface area contributed by atoms with Gasteiger partial charge in [0, 0.05) is 11.9 Å². The van der Waals surface area contributed by atoms with Crippen molar-refractivity contribution in [3.63, 3.8) is 0 Å². The molecule has 8 heteroatoms. The number of hydrogen-bond acceptors (Lipinski definition) is 5. The molecule has 0 aliphatic heterocycles. The van der Waals surface area contributed by atoms with E-state index in [1.54, 1.807) is 19.1 Å². The fourth-order valence-electron chi connectivity index (χ4n) is 1.37. The Morgan fingerprint density at radius 2 is 2.09 bits per heavy atom. The maximum Gasteiger partial charge on any atom is 0.325 e. The van der Waals surface area contributed by atoms with Gasteiger partial charge in [0.15, 0.2) is 0 Å². The molecule has 0 saturated heterocycles. The minimum atomic E-state index is -0.641. The number of hydrogen-bond donors (Lipinski definition) is 2. The number of nitriles is 1. The molecule has 0 fully saturated rings. The quantitative estimate of drug-likeness (QED) is 0.471. The van der Waals surface area contributed by atoms with Crippen LogP contribution in [0.3, 0.4) is 0 Å². The van der Waals surface area contributed by atoms with Gasteiger partial charge in [-0.05, 0) is 25.1 Å². The lowest BCUT2D eigenvalue weighted by atomic mass is 10.2. The van der Waals surface area contributed by atoms with E-state index in [1.165, 1.54) is 12.1 Å². The topological polar surface area (TPSA) is 91.2 Å². The molecule has 0 saturated carbocycles. The number of rotatable bonds is 6. The van der Waals surface area contributed by atoms with E-state index in [0.29, 0.717) is 10.7 Å². The van der Waals surface area contributed by atoms with E-state index in [1.807, 2.05) is 0 Å². The van der Waals surface area contributed by atoms with Gasteiger partial charge in [0.2, 0.25) is 0 Å². The lowest BCUT2D eigenvalue weighted by molar-refractivity contribution is -0.141. The molecule has 2 N–H and O–H groups in total. The van der Waals surface area contributed by atoms with Gasteiger partial charge in [-0.1, -0.05) is 23.2 Å². The minimum absolute atomic E-state index is 0.140. The molecule has 0 atom stereocenters. The number of nitrogens with one attached hydrogen (secondary N) is 2. The minimum Gasteiger partial charge on any atom is -0.465 e. The molecule has 1 amide bonds. The van der Waals surface area contributed by atoms with Crippen molar-refractivity contribution in [2.24, 2.45) is 0 Å². The average Bonchev–Trinajstić information content (AvgIpc) is 2.47. The molecule has 0 aliphatic carbocycles. The number of carbonyl (C=O) groups excluding carboxylic acids is 2. The number of halogens is 2. The van der Waals surface area contributed by atoms with Crippen LogP contribution in [0.15, 0.2) is 30.0 Å². The summed E-state index contributed by atoms with van der Waals surface area (Å²) in [6, 6.07) is 6.26. The number of benzene rings is 1. The summed E-state index contributed by atoms with van der Waals surface area (Å²) in [5, 5.41) is 14.6. The highest BCUT2D eigenvalue weighted by atomic mass is 35.5. The van der Waals surface area contributed by atoms with Crippen LogP contribution in [0.4, 0.5) is 5.69 Å². The van der Waals surface area contributed by atoms with Gasteiger partial charge in [0.1, 0.15) is 18.2 Å². The Morgan fingerprint density at radius 1 is 1.36 bits per heavy atom. The van der Waals surface area contributed by atoms with Crippen LogP contribution in [0.1, 0.15) is 6.92 Å². The first-order valence-corrected chi connectivity index (χ1v) is 6.99. The monoisotopic (exact) mass is 341 g/mol. The highest BCUT2D eigenvalue weighted by Crippen LogP contribution is 2.25. The van der Waals surface area contributed by atoms with Gasteiger partial charge >= 0.3 is 5.97 Å². The fourth-order valence-corrected chi connectivity index (χ4v) is 1.67. The fraction of sp³-hybridized carbons (Fsp3) is 0.214. The van der Waals surface area contributed by atoms with Gasteiger partial charge < -0.3 is 15.4 Å². The molecule has 0 heterocycles. The Balaban J connectivity index is 2.66. The van der Waals surface area contributed by atoms with E-state index >= 15 is 0 Å². The first kappa shape index (κ1) is 17.8. The molecule has 1 rings (SSSR count). The van der Waals surface area contributed by atoms with E-state index in [2.05, 4.69) is 10.6 Å². The van der Waals surface area contributed by atoms with Crippen LogP contribution in [-0.4, -0.2) is 25.0 Å². The summed E-state index contributed by atoms with van der Waals surface area (Å²) in [6.45, 7) is 1.80. The predicted molar refractivity (Wildman–Crippen MR) is 83.4 cm³/mol. The highest BCUT2D eigenvalue weighted by molar-refractivity contribution is 6.42. The Bertz CT molecular complexity index is 639. The van der Waals surface area contributed by atoms with Gasteiger partial charge in [0.25, 0.3) is 5.91 Å². The van der Waals surface area contributed by atoms with Crippen molar-refractivity contribution < 1.29 is 14.3 Å². The van der Waals surface area contributed by atoms with Crippen molar-refractivity contribution in [3.05, 3.63) is 40.0 Å². The van der Waals surface area contributed by atoms with Gasteiger partial charge in [-0.25, -0.2) is 0 Å². The Hall–Kier alpha value is -2.23. The van der Waals surface area contributed by atoms with Crippen LogP contribution in [-0.2, 0) is 14.3 Å². The first-order valence-electron chi connectivity index (χ1n) is 6.23. The number of esters is 1. The van der Waals surface area contributed by atoms with Crippen LogP contribution in [0.2, 0.25) is 10.0 Å². The Labute approximate surface area is 137 Å². The second-order valence-corrected chi connectivity index (χ2v) is 4.75. The van der Waals surface area contributed by atoms with Crippen molar-refractivity contribution in [1.29, 1.82) is 5.26 Å². The summed E-state index contributed by atoms with van der Waals surface area (Å²) in [5.74, 6) is -1.13. The standard InChI is InChI=1S/C14H13Cl2N3O3/c1-2-22-13(20)8-18-7-9(6-17)14(21)19-10-3-4-11(15)12(16)5-10/h3-5,7,18H,2,8H2,1H3,(H,19,21)/b9-7-. The van der Waals surface area contributed by atoms with Gasteiger partial charge in [-0.15, -0.1) is 0 Å². The van der Waals surface area contributed by atoms with Crippen molar-refractivity contribution >= 4 is 40.8 Å². The van der Waals surface area contributed by atoms with E-state index in [4.69, 9.17) is 33.2 Å². The van der Waals surface area contributed by atoms with Crippen molar-refractivity contribution in [2.45, 2.75) is 6.92 Å². The Morgan fingerprint density at radius 3 is 2.68 bits per heavy atom. The van der Waals surface area contributed by atoms with Crippen LogP contribution in [0.5, 0.6) is 0 Å². The lowest BCUT2D eigenvalue weighted by Gasteiger charge is -2.06. The smallest absolute Gasteiger partial charge is 0.325 e. The Kier molecular flexibility index (Phi) is 7.23. The number of nitrogens with zero attached hydrogens (tertiary/aromatic N) is 1. The molecule has 1 aromatic carbocycles. The second kappa shape index (κ2) is 8.93. The van der Waals surface area contributed by atoms with Gasteiger partial charge in [-0.3, -0.25) is 9.59 Å². The third-order valence-corrected chi connectivity index (χ3v) is 3.08. The van der Waals surface area contributed by atoms with Crippen LogP contribution >= 0.6 is 23.2 Å². The summed E-state index contributed by atoms with van der Waals surface area (Å²) in [4.78, 5) is 23.0. The predicted octanol–water partition coefficient (Wildman–Crippen LogP) is 2.49. The molecule has 0 aromatic heterocycles. The first-order chi connectivity index (χ1) is 10.5. The maximum atomic E-state index is 11.9. The third kappa shape index (κ3) is 5.64. The molecular formula is C14H13Cl2N3O3. The molecular weight excluding hydrogens is 329 g/mol. The van der Waals surface area contributed by atoms with Crippen LogP contribution in [0.25, 0.3) is 0 Å². The van der Waals surface area contributed by atoms with Crippen molar-refractivity contribution in [2.75, 3.05) is 18.5 Å². The SMILES string of the molecule is CCOC(=O)CN/C=C(/C#N)C(=O)Nc1ccc(Cl)c(Cl)c1. The molecule has 0 aliphatic rings. The number of ether oxygens (including phenoxy) is 1. The lowest BCUT2D eigenvalue weighted by Crippen LogP contribution is -2.22. The molecule has 6 nitrogen and oxygen atoms in total. The van der Waals surface area contributed by atoms with E-state index in [0.717, 1.165) is 6.20 Å². The maximum absolute atomic E-state index is 11.9. The molecule has 0 unspecified atom stereocenters. The average molecular weight is 342 g/mol. The molecule has 22 heavy (non-hydrogen) atoms. The largest absolute Gasteiger partial charge is 0.465 e. The number of carbonyl (C=O) groups is 2. The van der Waals surface area contributed by atoms with E-state index < -0.39 is 11.9 Å². The van der Waals surface area contributed by atoms with Crippen molar-refractivity contribution in [1.82, 2.24) is 5.32 Å². The summed E-state index contributed by atoms with van der Waals surface area (Å²) >= 11 is 11.6. The molecule has 0 bridgehead atoms. The van der Waals surface area contributed by atoms with E-state index in [-0.39, 0.29) is 23.7 Å². The van der Waals surface area contributed by atoms with Crippen molar-refractivity contribution in [3.8, 4) is 6.07 Å². The zero-order valence-electron chi connectivity index (χ0n) is 11.7. The molecule has 116 valence electrons. The summed E-state index contributed by atoms with van der Waals surface area (Å²) in [5.41, 5.74) is 0.196. The zero-order valence-corrected chi connectivity index (χ0v) is 13.2. The second-order valence-electron chi connectivity index (χ2n) is 3.94. The van der Waals surface area contributed by atoms with E-state index in [9.17, 15) is 9.59 Å². The highest BCUT2D eigenvalue weighted by Gasteiger charge is 2.10. The zero-order chi connectivity index (χ0) is 16.5. The molecule has 0 spiro atoms. The van der Waals surface area contributed by atoms with Gasteiger partial charge in [-0.2, -0.15) is 5.26 Å². The van der Waals surface area contributed by atoms with Crippen LogP contribution < -0.4 is 10.6 Å². The molecule has 1 aromatic rings. The van der Waals surface area contributed by atoms with Gasteiger partial charge in [0.05, 0.1) is 16.7 Å². The summed E-state index contributed by atoms with van der Waals surface area (Å²) in [7, 11) is 0. The van der Waals surface area contributed by atoms with Crippen LogP contribution in [0, 0.1) is 11.3 Å². The summed E-state index contributed by atoms with van der Waals surface area (Å²) < 4.78 is 4.70. The summed E-state index contributed by atoms with van der Waals surface area (Å²) in [6.07, 6.45) is 1.14. The molecule has 0 radical (unpaired) electrons. The third-order valence-electron chi connectivity index (χ3n) is 2.34. The normalized spacial score (nSPS) is 10.5. The number of anilines is 1. The number of amides is 1.